The molecule has 2 aliphatic rings. The molecule has 33 heavy (non-hydrogen) atoms. The first-order valence-corrected chi connectivity index (χ1v) is 12.6. The summed E-state index contributed by atoms with van der Waals surface area (Å²) in [6.07, 6.45) is 4.46. The van der Waals surface area contributed by atoms with Crippen molar-refractivity contribution in [3.8, 4) is 5.69 Å². The van der Waals surface area contributed by atoms with E-state index >= 15 is 0 Å². The Balaban J connectivity index is 1.58. The van der Waals surface area contributed by atoms with Gasteiger partial charge in [-0.2, -0.15) is 0 Å². The van der Waals surface area contributed by atoms with Gasteiger partial charge in [-0.1, -0.05) is 30.7 Å². The van der Waals surface area contributed by atoms with E-state index in [0.717, 1.165) is 53.9 Å². The molecule has 3 heterocycles. The monoisotopic (exact) mass is 464 g/mol. The standard InChI is InChI=1S/C28H33ClN2O2/c1-4-23-9-5-18(2)30(23)15-27(32)28-19(3)31(24-10-7-22(29)8-11-24)26-14-20(6-12-25(26)28)13-21-16-33-17-21/h6-8,10-12,14,18,21,23H,4-5,9,13,15-17H2,1-3H3. The van der Waals surface area contributed by atoms with Crippen LogP contribution >= 0.6 is 11.6 Å². The Kier molecular flexibility index (Phi) is 6.34. The molecule has 2 saturated heterocycles. The van der Waals surface area contributed by atoms with E-state index in [4.69, 9.17) is 16.3 Å². The zero-order valence-corrected chi connectivity index (χ0v) is 20.6. The number of halogens is 1. The smallest absolute Gasteiger partial charge is 0.179 e. The summed E-state index contributed by atoms with van der Waals surface area (Å²) in [6.45, 7) is 8.72. The summed E-state index contributed by atoms with van der Waals surface area (Å²) in [6, 6.07) is 15.5. The van der Waals surface area contributed by atoms with Gasteiger partial charge in [0.05, 0.1) is 25.3 Å². The largest absolute Gasteiger partial charge is 0.381 e. The Morgan fingerprint density at radius 3 is 2.55 bits per heavy atom. The fraction of sp³-hybridized carbons (Fsp3) is 0.464. The number of hydrogen-bond donors (Lipinski definition) is 0. The molecule has 0 radical (unpaired) electrons. The SMILES string of the molecule is CCC1CCC(C)N1CC(=O)c1c(C)n(-c2ccc(Cl)cc2)c2cc(CC3COC3)ccc12. The number of nitrogens with zero attached hydrogens (tertiary/aromatic N) is 2. The molecule has 2 aliphatic heterocycles. The molecule has 2 atom stereocenters. The highest BCUT2D eigenvalue weighted by Crippen LogP contribution is 2.33. The average molecular weight is 465 g/mol. The maximum atomic E-state index is 13.8. The molecule has 2 fully saturated rings. The van der Waals surface area contributed by atoms with E-state index in [1.165, 1.54) is 18.4 Å². The lowest BCUT2D eigenvalue weighted by atomic mass is 9.96. The van der Waals surface area contributed by atoms with Gasteiger partial charge in [-0.05, 0) is 75.4 Å². The third-order valence-electron chi connectivity index (χ3n) is 7.62. The number of aromatic nitrogens is 1. The molecule has 0 spiro atoms. The van der Waals surface area contributed by atoms with Gasteiger partial charge in [0.1, 0.15) is 0 Å². The van der Waals surface area contributed by atoms with Crippen LogP contribution in [0.15, 0.2) is 42.5 Å². The second kappa shape index (κ2) is 9.25. The first-order valence-electron chi connectivity index (χ1n) is 12.2. The summed E-state index contributed by atoms with van der Waals surface area (Å²) in [4.78, 5) is 16.2. The minimum absolute atomic E-state index is 0.220. The molecule has 5 heteroatoms. The van der Waals surface area contributed by atoms with Crippen molar-refractivity contribution in [2.45, 2.75) is 58.5 Å². The first kappa shape index (κ1) is 22.6. The normalized spacial score (nSPS) is 21.6. The lowest BCUT2D eigenvalue weighted by molar-refractivity contribution is -0.0312. The molecule has 174 valence electrons. The van der Waals surface area contributed by atoms with Gasteiger partial charge in [-0.15, -0.1) is 0 Å². The van der Waals surface area contributed by atoms with Gasteiger partial charge in [0.15, 0.2) is 5.78 Å². The molecule has 3 aromatic rings. The lowest BCUT2D eigenvalue weighted by Crippen LogP contribution is -2.38. The van der Waals surface area contributed by atoms with Crippen LogP contribution in [-0.2, 0) is 11.2 Å². The Hall–Kier alpha value is -2.14. The third kappa shape index (κ3) is 4.25. The van der Waals surface area contributed by atoms with Gasteiger partial charge in [0, 0.05) is 45.4 Å². The van der Waals surface area contributed by atoms with E-state index < -0.39 is 0 Å². The Morgan fingerprint density at radius 2 is 1.88 bits per heavy atom. The number of hydrogen-bond acceptors (Lipinski definition) is 3. The molecule has 0 N–H and O–H groups in total. The van der Waals surface area contributed by atoms with Crippen LogP contribution in [0.5, 0.6) is 0 Å². The predicted octanol–water partition coefficient (Wildman–Crippen LogP) is 6.23. The summed E-state index contributed by atoms with van der Waals surface area (Å²) in [7, 11) is 0. The van der Waals surface area contributed by atoms with E-state index in [2.05, 4.69) is 48.4 Å². The van der Waals surface area contributed by atoms with Crippen LogP contribution in [0, 0.1) is 12.8 Å². The summed E-state index contributed by atoms with van der Waals surface area (Å²) in [5.41, 5.74) is 5.28. The van der Waals surface area contributed by atoms with Crippen LogP contribution in [0.3, 0.4) is 0 Å². The summed E-state index contributed by atoms with van der Waals surface area (Å²) in [5, 5.41) is 1.75. The highest BCUT2D eigenvalue weighted by Gasteiger charge is 2.32. The molecule has 4 nitrogen and oxygen atoms in total. The van der Waals surface area contributed by atoms with Gasteiger partial charge in [0.2, 0.25) is 0 Å². The zero-order valence-electron chi connectivity index (χ0n) is 19.8. The van der Waals surface area contributed by atoms with Crippen molar-refractivity contribution >= 4 is 28.3 Å². The van der Waals surface area contributed by atoms with Crippen molar-refractivity contribution < 1.29 is 9.53 Å². The summed E-state index contributed by atoms with van der Waals surface area (Å²) < 4.78 is 7.60. The van der Waals surface area contributed by atoms with E-state index in [1.807, 2.05) is 24.3 Å². The van der Waals surface area contributed by atoms with Crippen LogP contribution in [0.2, 0.25) is 5.02 Å². The number of ether oxygens (including phenoxy) is 1. The summed E-state index contributed by atoms with van der Waals surface area (Å²) in [5.74, 6) is 0.809. The zero-order chi connectivity index (χ0) is 23.1. The van der Waals surface area contributed by atoms with Crippen LogP contribution in [-0.4, -0.2) is 47.1 Å². The third-order valence-corrected chi connectivity index (χ3v) is 7.87. The van der Waals surface area contributed by atoms with Gasteiger partial charge in [-0.25, -0.2) is 0 Å². The molecule has 0 aliphatic carbocycles. The van der Waals surface area contributed by atoms with E-state index in [9.17, 15) is 4.79 Å². The van der Waals surface area contributed by atoms with Crippen molar-refractivity contribution in [3.05, 3.63) is 64.3 Å². The molecule has 5 rings (SSSR count). The molecular weight excluding hydrogens is 432 g/mol. The summed E-state index contributed by atoms with van der Waals surface area (Å²) >= 11 is 6.17. The Morgan fingerprint density at radius 1 is 1.12 bits per heavy atom. The number of ketones is 1. The maximum Gasteiger partial charge on any atom is 0.179 e. The lowest BCUT2D eigenvalue weighted by Gasteiger charge is -2.27. The molecule has 2 unspecified atom stereocenters. The highest BCUT2D eigenvalue weighted by atomic mass is 35.5. The van der Waals surface area contributed by atoms with Gasteiger partial charge in [0.25, 0.3) is 0 Å². The van der Waals surface area contributed by atoms with Gasteiger partial charge < -0.3 is 9.30 Å². The van der Waals surface area contributed by atoms with Crippen molar-refractivity contribution in [1.29, 1.82) is 0 Å². The molecule has 0 saturated carbocycles. The fourth-order valence-corrected chi connectivity index (χ4v) is 5.82. The van der Waals surface area contributed by atoms with Crippen LogP contribution < -0.4 is 0 Å². The van der Waals surface area contributed by atoms with E-state index in [0.29, 0.717) is 29.6 Å². The molecule has 2 aromatic carbocycles. The highest BCUT2D eigenvalue weighted by molar-refractivity contribution is 6.30. The Bertz CT molecular complexity index is 1160. The second-order valence-electron chi connectivity index (χ2n) is 9.82. The number of Topliss-reactive ketones (excluding diaryl/α,β-unsaturated/α-hetero) is 1. The number of benzene rings is 2. The molecular formula is C28H33ClN2O2. The van der Waals surface area contributed by atoms with Crippen molar-refractivity contribution in [2.75, 3.05) is 19.8 Å². The number of carbonyl (C=O) groups excluding carboxylic acids is 1. The van der Waals surface area contributed by atoms with E-state index in [-0.39, 0.29) is 5.78 Å². The number of carbonyl (C=O) groups is 1. The minimum Gasteiger partial charge on any atom is -0.381 e. The Labute approximate surface area is 201 Å². The van der Waals surface area contributed by atoms with Crippen molar-refractivity contribution in [3.63, 3.8) is 0 Å². The van der Waals surface area contributed by atoms with Crippen molar-refractivity contribution in [2.24, 2.45) is 5.92 Å². The minimum atomic E-state index is 0.220. The van der Waals surface area contributed by atoms with Crippen LogP contribution in [0.4, 0.5) is 0 Å². The topological polar surface area (TPSA) is 34.5 Å². The number of fused-ring (bicyclic) bond motifs is 1. The van der Waals surface area contributed by atoms with Gasteiger partial charge in [-0.3, -0.25) is 9.69 Å². The molecule has 1 aromatic heterocycles. The molecule has 0 bridgehead atoms. The second-order valence-corrected chi connectivity index (χ2v) is 10.3. The molecule has 0 amide bonds. The fourth-order valence-electron chi connectivity index (χ4n) is 5.69. The van der Waals surface area contributed by atoms with Crippen LogP contribution in [0.1, 0.15) is 54.7 Å². The maximum absolute atomic E-state index is 13.8. The van der Waals surface area contributed by atoms with Gasteiger partial charge >= 0.3 is 0 Å². The van der Waals surface area contributed by atoms with Crippen LogP contribution in [0.25, 0.3) is 16.6 Å². The van der Waals surface area contributed by atoms with Crippen molar-refractivity contribution in [1.82, 2.24) is 9.47 Å². The number of likely N-dealkylation sites (tertiary alicyclic amines) is 1. The van der Waals surface area contributed by atoms with E-state index in [1.54, 1.807) is 0 Å². The predicted molar refractivity (Wildman–Crippen MR) is 135 cm³/mol. The average Bonchev–Trinajstić information content (AvgIpc) is 3.27. The first-order chi connectivity index (χ1) is 16.0. The quantitative estimate of drug-likeness (QED) is 0.389. The number of rotatable bonds is 7.